The maximum atomic E-state index is 6.16. The molecule has 0 bridgehead atoms. The van der Waals surface area contributed by atoms with Crippen molar-refractivity contribution in [2.24, 2.45) is 10.9 Å². The number of nitrogens with zero attached hydrogens (tertiary/aromatic N) is 2. The number of guanidine groups is 1. The summed E-state index contributed by atoms with van der Waals surface area (Å²) in [5.74, 6) is 1.48. The zero-order valence-corrected chi connectivity index (χ0v) is 19.2. The molecule has 1 heterocycles. The molecule has 1 aromatic carbocycles. The molecule has 4 nitrogen and oxygen atoms in total. The third-order valence-corrected chi connectivity index (χ3v) is 5.26. The Bertz CT molecular complexity index is 590. The van der Waals surface area contributed by atoms with Crippen LogP contribution < -0.4 is 5.32 Å². The molecule has 25 heavy (non-hydrogen) atoms. The third-order valence-electron chi connectivity index (χ3n) is 4.52. The summed E-state index contributed by atoms with van der Waals surface area (Å²) in [6, 6.07) is 5.81. The maximum Gasteiger partial charge on any atom is 0.193 e. The first kappa shape index (κ1) is 22.8. The Morgan fingerprint density at radius 1 is 1.36 bits per heavy atom. The van der Waals surface area contributed by atoms with E-state index >= 15 is 0 Å². The van der Waals surface area contributed by atoms with Gasteiger partial charge in [-0.3, -0.25) is 4.99 Å². The highest BCUT2D eigenvalue weighted by molar-refractivity contribution is 14.0. The van der Waals surface area contributed by atoms with Crippen LogP contribution in [0.1, 0.15) is 25.8 Å². The van der Waals surface area contributed by atoms with Gasteiger partial charge < -0.3 is 15.0 Å². The fourth-order valence-electron chi connectivity index (χ4n) is 2.91. The van der Waals surface area contributed by atoms with Gasteiger partial charge in [0.05, 0.1) is 16.7 Å². The molecule has 1 aliphatic rings. The quantitative estimate of drug-likeness (QED) is 0.370. The van der Waals surface area contributed by atoms with Crippen molar-refractivity contribution in [2.75, 3.05) is 40.4 Å². The molecule has 2 rings (SSSR count). The lowest BCUT2D eigenvalue weighted by atomic mass is 9.84. The largest absolute Gasteiger partial charge is 0.381 e. The van der Waals surface area contributed by atoms with Crippen LogP contribution in [0.25, 0.3) is 0 Å². The van der Waals surface area contributed by atoms with E-state index in [0.29, 0.717) is 16.0 Å². The van der Waals surface area contributed by atoms with E-state index in [9.17, 15) is 0 Å². The Hall–Kier alpha value is -0.240. The van der Waals surface area contributed by atoms with E-state index in [-0.39, 0.29) is 29.4 Å². The third kappa shape index (κ3) is 6.45. The van der Waals surface area contributed by atoms with Crippen molar-refractivity contribution in [1.29, 1.82) is 0 Å². The molecule has 1 N–H and O–H groups in total. The van der Waals surface area contributed by atoms with Crippen molar-refractivity contribution in [1.82, 2.24) is 10.2 Å². The van der Waals surface area contributed by atoms with Crippen molar-refractivity contribution in [3.8, 4) is 0 Å². The lowest BCUT2D eigenvalue weighted by Crippen LogP contribution is -2.45. The zero-order chi connectivity index (χ0) is 17.7. The van der Waals surface area contributed by atoms with E-state index in [1.807, 2.05) is 25.2 Å². The number of hydrogen-bond donors (Lipinski definition) is 1. The molecule has 0 aromatic heterocycles. The van der Waals surface area contributed by atoms with Gasteiger partial charge in [-0.25, -0.2) is 0 Å². The van der Waals surface area contributed by atoms with Gasteiger partial charge in [-0.1, -0.05) is 43.1 Å². The van der Waals surface area contributed by atoms with Crippen LogP contribution in [0.5, 0.6) is 0 Å². The van der Waals surface area contributed by atoms with Crippen LogP contribution >= 0.6 is 47.2 Å². The van der Waals surface area contributed by atoms with Gasteiger partial charge in [0.2, 0.25) is 0 Å². The molecule has 1 atom stereocenters. The maximum absolute atomic E-state index is 6.16. The van der Waals surface area contributed by atoms with E-state index in [1.54, 1.807) is 0 Å². The summed E-state index contributed by atoms with van der Waals surface area (Å²) in [5, 5.41) is 4.64. The number of nitrogens with one attached hydrogen (secondary N) is 1. The molecular formula is C18H28Cl2IN3O. The second kappa shape index (κ2) is 10.2. The minimum absolute atomic E-state index is 0. The highest BCUT2D eigenvalue weighted by Crippen LogP contribution is 2.29. The highest BCUT2D eigenvalue weighted by Gasteiger charge is 2.24. The molecular weight excluding hydrogens is 472 g/mol. The molecule has 1 unspecified atom stereocenters. The van der Waals surface area contributed by atoms with Crippen LogP contribution in [0.15, 0.2) is 23.2 Å². The van der Waals surface area contributed by atoms with E-state index in [4.69, 9.17) is 27.9 Å². The summed E-state index contributed by atoms with van der Waals surface area (Å²) in [5.41, 5.74) is 1.05. The molecule has 0 amide bonds. The van der Waals surface area contributed by atoms with Crippen LogP contribution in [0, 0.1) is 5.92 Å². The molecule has 1 fully saturated rings. The van der Waals surface area contributed by atoms with Crippen molar-refractivity contribution >= 4 is 53.1 Å². The van der Waals surface area contributed by atoms with E-state index in [1.165, 1.54) is 0 Å². The number of benzene rings is 1. The summed E-state index contributed by atoms with van der Waals surface area (Å²) >= 11 is 12.2. The monoisotopic (exact) mass is 499 g/mol. The minimum atomic E-state index is -0.0958. The van der Waals surface area contributed by atoms with Gasteiger partial charge in [-0.2, -0.15) is 0 Å². The first-order valence-electron chi connectivity index (χ1n) is 8.28. The van der Waals surface area contributed by atoms with Crippen LogP contribution in [-0.4, -0.2) is 51.3 Å². The van der Waals surface area contributed by atoms with E-state index < -0.39 is 0 Å². The van der Waals surface area contributed by atoms with Gasteiger partial charge in [-0.05, 0) is 24.1 Å². The molecule has 142 valence electrons. The topological polar surface area (TPSA) is 36.9 Å². The summed E-state index contributed by atoms with van der Waals surface area (Å²) < 4.78 is 5.45. The number of ether oxygens (including phenoxy) is 1. The van der Waals surface area contributed by atoms with Crippen molar-refractivity contribution in [3.05, 3.63) is 33.8 Å². The first-order valence-corrected chi connectivity index (χ1v) is 9.04. The molecule has 1 saturated heterocycles. The Morgan fingerprint density at radius 3 is 2.64 bits per heavy atom. The standard InChI is InChI=1S/C18H27Cl2N3O.HI/c1-18(2,14-5-6-15(19)16(20)9-14)12-22-17(21-3)23(4)10-13-7-8-24-11-13;/h5-6,9,13H,7-8,10-12H2,1-4H3,(H,21,22);1H. The van der Waals surface area contributed by atoms with Crippen molar-refractivity contribution in [2.45, 2.75) is 25.7 Å². The van der Waals surface area contributed by atoms with Gasteiger partial charge >= 0.3 is 0 Å². The zero-order valence-electron chi connectivity index (χ0n) is 15.3. The fraction of sp³-hybridized carbons (Fsp3) is 0.611. The number of halogens is 3. The summed E-state index contributed by atoms with van der Waals surface area (Å²) in [6.45, 7) is 7.77. The highest BCUT2D eigenvalue weighted by atomic mass is 127. The van der Waals surface area contributed by atoms with Gasteiger partial charge in [0.1, 0.15) is 0 Å². The normalized spacial score (nSPS) is 18.0. The average Bonchev–Trinajstić information content (AvgIpc) is 3.03. The van der Waals surface area contributed by atoms with Crippen LogP contribution in [0.4, 0.5) is 0 Å². The predicted molar refractivity (Wildman–Crippen MR) is 118 cm³/mol. The average molecular weight is 500 g/mol. The summed E-state index contributed by atoms with van der Waals surface area (Å²) in [6.07, 6.45) is 1.12. The Morgan fingerprint density at radius 2 is 2.08 bits per heavy atom. The summed E-state index contributed by atoms with van der Waals surface area (Å²) in [7, 11) is 3.88. The number of rotatable bonds is 5. The lowest BCUT2D eigenvalue weighted by Gasteiger charge is -2.30. The van der Waals surface area contributed by atoms with Crippen LogP contribution in [0.3, 0.4) is 0 Å². The smallest absolute Gasteiger partial charge is 0.193 e. The first-order chi connectivity index (χ1) is 11.3. The van der Waals surface area contributed by atoms with Crippen LogP contribution in [-0.2, 0) is 10.2 Å². The van der Waals surface area contributed by atoms with Crippen molar-refractivity contribution < 1.29 is 4.74 Å². The summed E-state index contributed by atoms with van der Waals surface area (Å²) in [4.78, 5) is 6.57. The van der Waals surface area contributed by atoms with Gasteiger partial charge in [-0.15, -0.1) is 24.0 Å². The van der Waals surface area contributed by atoms with Gasteiger partial charge in [0.25, 0.3) is 0 Å². The molecule has 1 aliphatic heterocycles. The molecule has 1 aromatic rings. The lowest BCUT2D eigenvalue weighted by molar-refractivity contribution is 0.181. The van der Waals surface area contributed by atoms with Gasteiger partial charge in [0, 0.05) is 45.1 Å². The van der Waals surface area contributed by atoms with Gasteiger partial charge in [0.15, 0.2) is 5.96 Å². The second-order valence-electron chi connectivity index (χ2n) is 7.02. The SMILES string of the molecule is CN=C(NCC(C)(C)c1ccc(Cl)c(Cl)c1)N(C)CC1CCOC1.I. The fourth-order valence-corrected chi connectivity index (χ4v) is 3.20. The van der Waals surface area contributed by atoms with Crippen LogP contribution in [0.2, 0.25) is 10.0 Å². The molecule has 7 heteroatoms. The molecule has 0 spiro atoms. The van der Waals surface area contributed by atoms with E-state index in [2.05, 4.69) is 36.1 Å². The predicted octanol–water partition coefficient (Wildman–Crippen LogP) is 4.43. The number of hydrogen-bond acceptors (Lipinski definition) is 2. The minimum Gasteiger partial charge on any atom is -0.381 e. The molecule has 0 aliphatic carbocycles. The molecule has 0 saturated carbocycles. The van der Waals surface area contributed by atoms with Crippen molar-refractivity contribution in [3.63, 3.8) is 0 Å². The van der Waals surface area contributed by atoms with E-state index in [0.717, 1.165) is 44.2 Å². The Labute approximate surface area is 178 Å². The Kier molecular flexibility index (Phi) is 9.29. The second-order valence-corrected chi connectivity index (χ2v) is 7.84. The Balaban J connectivity index is 0.00000312. The molecule has 0 radical (unpaired) electrons. The number of aliphatic imine (C=N–C) groups is 1.